The van der Waals surface area contributed by atoms with Gasteiger partial charge in [-0.3, -0.25) is 0 Å². The van der Waals surface area contributed by atoms with Gasteiger partial charge in [-0.05, 0) is 6.42 Å². The van der Waals surface area contributed by atoms with Crippen LogP contribution in [0.15, 0.2) is 0 Å². The van der Waals surface area contributed by atoms with Crippen LogP contribution < -0.4 is 12.4 Å². The van der Waals surface area contributed by atoms with Crippen molar-refractivity contribution in [1.82, 2.24) is 0 Å². The van der Waals surface area contributed by atoms with Crippen molar-refractivity contribution in [3.8, 4) is 0 Å². The molecule has 0 bridgehead atoms. The molecule has 0 heterocycles. The molecule has 0 unspecified atom stereocenters. The molecule has 0 N–H and O–H groups in total. The summed E-state index contributed by atoms with van der Waals surface area (Å²) in [5.41, 5.74) is 0. The third-order valence-electron chi connectivity index (χ3n) is 1.15. The van der Waals surface area contributed by atoms with E-state index in [1.54, 1.807) is 6.40 Å². The van der Waals surface area contributed by atoms with E-state index in [1.165, 1.54) is 19.3 Å². The zero-order valence-electron chi connectivity index (χ0n) is 7.64. The molecule has 0 aromatic heterocycles. The summed E-state index contributed by atoms with van der Waals surface area (Å²) >= 11 is 0. The summed E-state index contributed by atoms with van der Waals surface area (Å²) in [6, 6.07) is 0. The Balaban J connectivity index is 0. The molecule has 0 radical (unpaired) electrons. The summed E-state index contributed by atoms with van der Waals surface area (Å²) < 4.78 is 7.11. The van der Waals surface area contributed by atoms with E-state index in [9.17, 15) is 0 Å². The highest BCUT2D eigenvalue weighted by atomic mass is 35.5. The van der Waals surface area contributed by atoms with Gasteiger partial charge in [0, 0.05) is 0 Å². The molecule has 0 aliphatic carbocycles. The van der Waals surface area contributed by atoms with Crippen molar-refractivity contribution in [1.29, 1.82) is 0 Å². The second-order valence-corrected chi connectivity index (χ2v) is 2.65. The monoisotopic (exact) mass is 179 g/mol. The van der Waals surface area contributed by atoms with Crippen LogP contribution in [0.3, 0.4) is 0 Å². The minimum atomic E-state index is 0. The zero-order valence-corrected chi connectivity index (χ0v) is 8.40. The lowest BCUT2D eigenvalue weighted by Crippen LogP contribution is -3.00. The fourth-order valence-corrected chi connectivity index (χ4v) is 0.637. The zero-order chi connectivity index (χ0) is 7.82. The van der Waals surface area contributed by atoms with Crippen LogP contribution in [0.5, 0.6) is 0 Å². The highest BCUT2D eigenvalue weighted by Crippen LogP contribution is 1.92. The average Bonchev–Trinajstić information content (AvgIpc) is 1.87. The summed E-state index contributed by atoms with van der Waals surface area (Å²) in [5, 5.41) is 0. The Morgan fingerprint density at radius 2 is 1.91 bits per heavy atom. The van der Waals surface area contributed by atoms with Gasteiger partial charge in [0.05, 0.1) is 6.61 Å². The molecular formula is C8H18ClNO. The predicted octanol–water partition coefficient (Wildman–Crippen LogP) is -1.50. The minimum Gasteiger partial charge on any atom is -1.00 e. The molecule has 0 aromatic carbocycles. The van der Waals surface area contributed by atoms with Crippen LogP contribution in [0.25, 0.3) is 0 Å². The number of ether oxygens (including phenoxy) is 1. The first-order chi connectivity index (χ1) is 4.77. The lowest BCUT2D eigenvalue weighted by Gasteiger charge is -1.95. The van der Waals surface area contributed by atoms with Crippen molar-refractivity contribution in [3.63, 3.8) is 0 Å². The van der Waals surface area contributed by atoms with E-state index in [0.717, 1.165) is 6.61 Å². The van der Waals surface area contributed by atoms with Crippen LogP contribution in [0.4, 0.5) is 0 Å². The predicted molar refractivity (Wildman–Crippen MR) is 43.6 cm³/mol. The maximum absolute atomic E-state index is 5.20. The van der Waals surface area contributed by atoms with E-state index in [2.05, 4.69) is 6.92 Å². The summed E-state index contributed by atoms with van der Waals surface area (Å²) in [7, 11) is 3.92. The van der Waals surface area contributed by atoms with Crippen molar-refractivity contribution in [3.05, 3.63) is 0 Å². The van der Waals surface area contributed by atoms with E-state index >= 15 is 0 Å². The van der Waals surface area contributed by atoms with Gasteiger partial charge in [-0.15, -0.1) is 0 Å². The van der Waals surface area contributed by atoms with Crippen LogP contribution in [-0.4, -0.2) is 31.7 Å². The molecule has 0 atom stereocenters. The standard InChI is InChI=1S/C8H18NO.ClH/c1-4-5-6-7-10-8-9(2)3;/h8H,4-7H2,1-3H3;1H/q+1;/p-1. The number of hydrogen-bond donors (Lipinski definition) is 0. The van der Waals surface area contributed by atoms with Gasteiger partial charge in [0.25, 0.3) is 0 Å². The minimum absolute atomic E-state index is 0. The SMILES string of the molecule is CCCCCOC=[N+](C)C.[Cl-]. The molecule has 0 aliphatic heterocycles. The van der Waals surface area contributed by atoms with Crippen molar-refractivity contribution in [2.45, 2.75) is 26.2 Å². The highest BCUT2D eigenvalue weighted by Gasteiger charge is 1.86. The molecular weight excluding hydrogens is 162 g/mol. The largest absolute Gasteiger partial charge is 1.00 e. The van der Waals surface area contributed by atoms with E-state index in [0.29, 0.717) is 0 Å². The number of halogens is 1. The first-order valence-corrected chi connectivity index (χ1v) is 3.88. The molecule has 0 rings (SSSR count). The first kappa shape index (κ1) is 13.4. The maximum atomic E-state index is 5.20. The van der Waals surface area contributed by atoms with Crippen molar-refractivity contribution >= 4 is 6.40 Å². The number of hydrogen-bond acceptors (Lipinski definition) is 1. The number of rotatable bonds is 5. The Kier molecular flexibility index (Phi) is 11.9. The summed E-state index contributed by atoms with van der Waals surface area (Å²) in [6.07, 6.45) is 5.43. The third kappa shape index (κ3) is 12.9. The average molecular weight is 180 g/mol. The fourth-order valence-electron chi connectivity index (χ4n) is 0.637. The van der Waals surface area contributed by atoms with Gasteiger partial charge < -0.3 is 17.1 Å². The topological polar surface area (TPSA) is 12.2 Å². The molecule has 0 spiro atoms. The lowest BCUT2D eigenvalue weighted by atomic mass is 10.3. The molecule has 0 aromatic rings. The molecule has 11 heavy (non-hydrogen) atoms. The quantitative estimate of drug-likeness (QED) is 0.217. The van der Waals surface area contributed by atoms with Crippen molar-refractivity contribution in [2.24, 2.45) is 0 Å². The Hall–Kier alpha value is -0.240. The van der Waals surface area contributed by atoms with Crippen molar-refractivity contribution < 1.29 is 21.7 Å². The first-order valence-electron chi connectivity index (χ1n) is 3.88. The van der Waals surface area contributed by atoms with E-state index in [4.69, 9.17) is 4.74 Å². The summed E-state index contributed by atoms with van der Waals surface area (Å²) in [6.45, 7) is 3.04. The lowest BCUT2D eigenvalue weighted by molar-refractivity contribution is -0.468. The van der Waals surface area contributed by atoms with Gasteiger partial charge in [0.2, 0.25) is 0 Å². The van der Waals surface area contributed by atoms with Gasteiger partial charge in [-0.2, -0.15) is 0 Å². The molecule has 68 valence electrons. The van der Waals surface area contributed by atoms with Gasteiger partial charge in [0.15, 0.2) is 0 Å². The van der Waals surface area contributed by atoms with Gasteiger partial charge in [-0.1, -0.05) is 19.8 Å². The number of unbranched alkanes of at least 4 members (excludes halogenated alkanes) is 2. The van der Waals surface area contributed by atoms with Gasteiger partial charge in [-0.25, -0.2) is 4.58 Å². The molecule has 0 amide bonds. The van der Waals surface area contributed by atoms with Crippen LogP contribution >= 0.6 is 0 Å². The van der Waals surface area contributed by atoms with Gasteiger partial charge >= 0.3 is 6.40 Å². The second-order valence-electron chi connectivity index (χ2n) is 2.65. The van der Waals surface area contributed by atoms with Crippen LogP contribution in [0.2, 0.25) is 0 Å². The Morgan fingerprint density at radius 3 is 2.36 bits per heavy atom. The normalized spacial score (nSPS) is 8.27. The molecule has 2 nitrogen and oxygen atoms in total. The van der Waals surface area contributed by atoms with E-state index in [-0.39, 0.29) is 12.4 Å². The molecule has 3 heteroatoms. The summed E-state index contributed by atoms with van der Waals surface area (Å²) in [4.78, 5) is 0. The maximum Gasteiger partial charge on any atom is 0.323 e. The van der Waals surface area contributed by atoms with Crippen LogP contribution in [-0.2, 0) is 4.74 Å². The van der Waals surface area contributed by atoms with E-state index < -0.39 is 0 Å². The fraction of sp³-hybridized carbons (Fsp3) is 0.875. The van der Waals surface area contributed by atoms with Crippen LogP contribution in [0.1, 0.15) is 26.2 Å². The van der Waals surface area contributed by atoms with Crippen LogP contribution in [0, 0.1) is 0 Å². The molecule has 0 saturated carbocycles. The smallest absolute Gasteiger partial charge is 0.323 e. The van der Waals surface area contributed by atoms with Crippen molar-refractivity contribution in [2.75, 3.05) is 20.7 Å². The third-order valence-corrected chi connectivity index (χ3v) is 1.15. The molecule has 0 aliphatic rings. The number of nitrogens with zero attached hydrogens (tertiary/aromatic N) is 1. The molecule has 0 saturated heterocycles. The Labute approximate surface area is 75.7 Å². The summed E-state index contributed by atoms with van der Waals surface area (Å²) in [5.74, 6) is 0. The van der Waals surface area contributed by atoms with Gasteiger partial charge in [0.1, 0.15) is 14.1 Å². The van der Waals surface area contributed by atoms with E-state index in [1.807, 2.05) is 18.7 Å². The second kappa shape index (κ2) is 9.76. The molecule has 0 fully saturated rings. The Bertz CT molecular complexity index is 100. The Morgan fingerprint density at radius 1 is 1.27 bits per heavy atom. The highest BCUT2D eigenvalue weighted by molar-refractivity contribution is 5.38.